The standard InChI is InChI=1S/C14H21BrN2/c1-2-10-4-3-5-12(8-10)17-14-7-6-11(16)9-13(14)15/h6-7,9-10,12,17H,2-5,8,16H2,1H3. The molecule has 0 bridgehead atoms. The van der Waals surface area contributed by atoms with E-state index < -0.39 is 0 Å². The normalized spacial score (nSPS) is 24.6. The second-order valence-corrected chi connectivity index (χ2v) is 5.88. The lowest BCUT2D eigenvalue weighted by Crippen LogP contribution is -2.27. The highest BCUT2D eigenvalue weighted by Gasteiger charge is 2.20. The van der Waals surface area contributed by atoms with Crippen LogP contribution in [-0.2, 0) is 0 Å². The zero-order valence-electron chi connectivity index (χ0n) is 10.4. The Morgan fingerprint density at radius 2 is 2.24 bits per heavy atom. The Bertz CT molecular complexity index is 378. The number of rotatable bonds is 3. The molecule has 2 nitrogen and oxygen atoms in total. The molecule has 0 spiro atoms. The first-order valence-corrected chi connectivity index (χ1v) is 7.30. The minimum absolute atomic E-state index is 0.619. The number of nitrogens with one attached hydrogen (secondary N) is 1. The van der Waals surface area contributed by atoms with E-state index in [9.17, 15) is 0 Å². The summed E-state index contributed by atoms with van der Waals surface area (Å²) >= 11 is 3.56. The quantitative estimate of drug-likeness (QED) is 0.811. The van der Waals surface area contributed by atoms with Crippen molar-refractivity contribution < 1.29 is 0 Å². The summed E-state index contributed by atoms with van der Waals surface area (Å²) in [5.41, 5.74) is 7.72. The van der Waals surface area contributed by atoms with Crippen LogP contribution in [0.2, 0.25) is 0 Å². The lowest BCUT2D eigenvalue weighted by Gasteiger charge is -2.30. The van der Waals surface area contributed by atoms with Crippen molar-refractivity contribution in [3.63, 3.8) is 0 Å². The molecule has 94 valence electrons. The monoisotopic (exact) mass is 296 g/mol. The van der Waals surface area contributed by atoms with Crippen LogP contribution in [0.5, 0.6) is 0 Å². The molecular weight excluding hydrogens is 276 g/mol. The Morgan fingerprint density at radius 1 is 1.41 bits per heavy atom. The summed E-state index contributed by atoms with van der Waals surface area (Å²) in [5.74, 6) is 0.897. The van der Waals surface area contributed by atoms with Gasteiger partial charge in [0.1, 0.15) is 0 Å². The summed E-state index contributed by atoms with van der Waals surface area (Å²) in [6.07, 6.45) is 6.64. The Balaban J connectivity index is 2.00. The van der Waals surface area contributed by atoms with Crippen molar-refractivity contribution in [3.8, 4) is 0 Å². The average molecular weight is 297 g/mol. The van der Waals surface area contributed by atoms with Crippen molar-refractivity contribution in [2.75, 3.05) is 11.1 Å². The van der Waals surface area contributed by atoms with Crippen LogP contribution in [0.25, 0.3) is 0 Å². The lowest BCUT2D eigenvalue weighted by molar-refractivity contribution is 0.327. The van der Waals surface area contributed by atoms with Gasteiger partial charge in [-0.3, -0.25) is 0 Å². The number of hydrogen-bond acceptors (Lipinski definition) is 2. The number of benzene rings is 1. The van der Waals surface area contributed by atoms with E-state index in [2.05, 4.69) is 34.2 Å². The molecule has 1 saturated carbocycles. The Labute approximate surface area is 112 Å². The van der Waals surface area contributed by atoms with Gasteiger partial charge in [-0.2, -0.15) is 0 Å². The van der Waals surface area contributed by atoms with Crippen molar-refractivity contribution in [1.29, 1.82) is 0 Å². The van der Waals surface area contributed by atoms with Crippen LogP contribution in [0.15, 0.2) is 22.7 Å². The molecule has 1 aromatic carbocycles. The highest BCUT2D eigenvalue weighted by atomic mass is 79.9. The van der Waals surface area contributed by atoms with Crippen molar-refractivity contribution in [2.45, 2.75) is 45.1 Å². The maximum absolute atomic E-state index is 5.75. The third kappa shape index (κ3) is 3.38. The summed E-state index contributed by atoms with van der Waals surface area (Å²) in [7, 11) is 0. The first-order chi connectivity index (χ1) is 8.19. The summed E-state index contributed by atoms with van der Waals surface area (Å²) < 4.78 is 1.07. The third-order valence-electron chi connectivity index (χ3n) is 3.71. The van der Waals surface area contributed by atoms with Crippen LogP contribution < -0.4 is 11.1 Å². The fourth-order valence-electron chi connectivity index (χ4n) is 2.66. The number of hydrogen-bond donors (Lipinski definition) is 2. The van der Waals surface area contributed by atoms with Gasteiger partial charge in [0, 0.05) is 21.9 Å². The van der Waals surface area contributed by atoms with Crippen LogP contribution in [-0.4, -0.2) is 6.04 Å². The minimum atomic E-state index is 0.619. The molecule has 2 unspecified atom stereocenters. The van der Waals surface area contributed by atoms with Crippen molar-refractivity contribution >= 4 is 27.3 Å². The predicted molar refractivity (Wildman–Crippen MR) is 78.2 cm³/mol. The molecular formula is C14H21BrN2. The summed E-state index contributed by atoms with van der Waals surface area (Å²) in [5, 5.41) is 3.64. The van der Waals surface area contributed by atoms with Gasteiger partial charge in [0.05, 0.1) is 0 Å². The fourth-order valence-corrected chi connectivity index (χ4v) is 3.17. The first kappa shape index (κ1) is 12.7. The van der Waals surface area contributed by atoms with E-state index >= 15 is 0 Å². The molecule has 3 N–H and O–H groups in total. The van der Waals surface area contributed by atoms with Crippen LogP contribution in [0, 0.1) is 5.92 Å². The maximum atomic E-state index is 5.75. The highest BCUT2D eigenvalue weighted by molar-refractivity contribution is 9.10. The van der Waals surface area contributed by atoms with Crippen LogP contribution >= 0.6 is 15.9 Å². The summed E-state index contributed by atoms with van der Waals surface area (Å²) in [6.45, 7) is 2.30. The van der Waals surface area contributed by atoms with Crippen molar-refractivity contribution in [2.24, 2.45) is 5.92 Å². The SMILES string of the molecule is CCC1CCCC(Nc2ccc(N)cc2Br)C1. The molecule has 0 heterocycles. The topological polar surface area (TPSA) is 38.0 Å². The molecule has 0 aliphatic heterocycles. The van der Waals surface area contributed by atoms with Crippen LogP contribution in [0.1, 0.15) is 39.0 Å². The predicted octanol–water partition coefficient (Wildman–Crippen LogP) is 4.41. The van der Waals surface area contributed by atoms with E-state index in [1.165, 1.54) is 37.8 Å². The number of halogens is 1. The first-order valence-electron chi connectivity index (χ1n) is 6.50. The van der Waals surface area contributed by atoms with E-state index in [0.29, 0.717) is 6.04 Å². The summed E-state index contributed by atoms with van der Waals surface area (Å²) in [6, 6.07) is 6.60. The van der Waals surface area contributed by atoms with Gasteiger partial charge < -0.3 is 11.1 Å². The molecule has 2 rings (SSSR count). The molecule has 0 saturated heterocycles. The second-order valence-electron chi connectivity index (χ2n) is 5.02. The van der Waals surface area contributed by atoms with E-state index in [-0.39, 0.29) is 0 Å². The smallest absolute Gasteiger partial charge is 0.0488 e. The molecule has 17 heavy (non-hydrogen) atoms. The summed E-state index contributed by atoms with van der Waals surface area (Å²) in [4.78, 5) is 0. The van der Waals surface area contributed by atoms with Crippen LogP contribution in [0.3, 0.4) is 0 Å². The Morgan fingerprint density at radius 3 is 2.94 bits per heavy atom. The van der Waals surface area contributed by atoms with Gasteiger partial charge in [0.25, 0.3) is 0 Å². The van der Waals surface area contributed by atoms with Gasteiger partial charge in [-0.05, 0) is 52.9 Å². The van der Waals surface area contributed by atoms with E-state index in [1.54, 1.807) is 0 Å². The van der Waals surface area contributed by atoms with E-state index in [0.717, 1.165) is 16.1 Å². The lowest BCUT2D eigenvalue weighted by atomic mass is 9.84. The van der Waals surface area contributed by atoms with Crippen LogP contribution in [0.4, 0.5) is 11.4 Å². The maximum Gasteiger partial charge on any atom is 0.0488 e. The Hall–Kier alpha value is -0.700. The van der Waals surface area contributed by atoms with Crippen molar-refractivity contribution in [1.82, 2.24) is 0 Å². The molecule has 1 fully saturated rings. The average Bonchev–Trinajstić information content (AvgIpc) is 2.33. The zero-order chi connectivity index (χ0) is 12.3. The molecule has 0 aromatic heterocycles. The van der Waals surface area contributed by atoms with E-state index in [4.69, 9.17) is 5.73 Å². The second kappa shape index (κ2) is 5.76. The Kier molecular flexibility index (Phi) is 4.32. The van der Waals surface area contributed by atoms with Crippen molar-refractivity contribution in [3.05, 3.63) is 22.7 Å². The van der Waals surface area contributed by atoms with Gasteiger partial charge in [-0.15, -0.1) is 0 Å². The van der Waals surface area contributed by atoms with Gasteiger partial charge in [0.15, 0.2) is 0 Å². The largest absolute Gasteiger partial charge is 0.399 e. The molecule has 0 amide bonds. The molecule has 1 aromatic rings. The zero-order valence-corrected chi connectivity index (χ0v) is 12.0. The third-order valence-corrected chi connectivity index (χ3v) is 4.37. The highest BCUT2D eigenvalue weighted by Crippen LogP contribution is 2.31. The molecule has 1 aliphatic rings. The molecule has 1 aliphatic carbocycles. The van der Waals surface area contributed by atoms with Gasteiger partial charge in [-0.1, -0.05) is 26.2 Å². The van der Waals surface area contributed by atoms with E-state index in [1.807, 2.05) is 12.1 Å². The number of nitrogens with two attached hydrogens (primary N) is 1. The van der Waals surface area contributed by atoms with Gasteiger partial charge in [-0.25, -0.2) is 0 Å². The van der Waals surface area contributed by atoms with Gasteiger partial charge in [0.2, 0.25) is 0 Å². The fraction of sp³-hybridized carbons (Fsp3) is 0.571. The molecule has 3 heteroatoms. The molecule has 2 atom stereocenters. The number of nitrogen functional groups attached to an aromatic ring is 1. The minimum Gasteiger partial charge on any atom is -0.399 e. The number of anilines is 2. The van der Waals surface area contributed by atoms with Gasteiger partial charge >= 0.3 is 0 Å². The molecule has 0 radical (unpaired) electrons.